The molecule has 1 aliphatic rings. The summed E-state index contributed by atoms with van der Waals surface area (Å²) >= 11 is 0. The maximum Gasteiger partial charge on any atom is 0.264 e. The fraction of sp³-hybridized carbons (Fsp3) is 0.321. The zero-order chi connectivity index (χ0) is 28.4. The summed E-state index contributed by atoms with van der Waals surface area (Å²) < 4.78 is 61.6. The van der Waals surface area contributed by atoms with Gasteiger partial charge in [-0.05, 0) is 81.1 Å². The summed E-state index contributed by atoms with van der Waals surface area (Å²) in [6.45, 7) is 5.83. The topological polar surface area (TPSA) is 113 Å². The van der Waals surface area contributed by atoms with Gasteiger partial charge in [0.15, 0.2) is 0 Å². The molecule has 3 aromatic rings. The highest BCUT2D eigenvalue weighted by atomic mass is 32.2. The van der Waals surface area contributed by atoms with Crippen LogP contribution in [0.15, 0.2) is 70.5 Å². The van der Waals surface area contributed by atoms with Gasteiger partial charge >= 0.3 is 0 Å². The number of amides is 1. The van der Waals surface area contributed by atoms with Crippen molar-refractivity contribution in [3.05, 3.63) is 77.4 Å². The zero-order valence-electron chi connectivity index (χ0n) is 22.5. The van der Waals surface area contributed by atoms with Crippen LogP contribution >= 0.6 is 0 Å². The molecule has 39 heavy (non-hydrogen) atoms. The summed E-state index contributed by atoms with van der Waals surface area (Å²) in [7, 11) is -6.45. The Hall–Kier alpha value is -3.41. The zero-order valence-corrected chi connectivity index (χ0v) is 24.1. The number of carbonyl (C=O) groups excluding carboxylic acids is 1. The first-order valence-electron chi connectivity index (χ1n) is 12.6. The lowest BCUT2D eigenvalue weighted by Gasteiger charge is -2.26. The van der Waals surface area contributed by atoms with Crippen LogP contribution in [-0.4, -0.2) is 53.8 Å². The van der Waals surface area contributed by atoms with Gasteiger partial charge in [-0.15, -0.1) is 0 Å². The Bertz CT molecular complexity index is 1580. The molecule has 3 aromatic carbocycles. The van der Waals surface area contributed by atoms with E-state index in [2.05, 4.69) is 5.32 Å². The molecular formula is C28H33N3O6S2. The van der Waals surface area contributed by atoms with Crippen molar-refractivity contribution < 1.29 is 26.4 Å². The lowest BCUT2D eigenvalue weighted by atomic mass is 10.1. The molecule has 9 nitrogen and oxygen atoms in total. The minimum Gasteiger partial charge on any atom is -0.495 e. The van der Waals surface area contributed by atoms with Gasteiger partial charge in [-0.3, -0.25) is 9.10 Å². The average molecular weight is 572 g/mol. The van der Waals surface area contributed by atoms with Crippen molar-refractivity contribution in [3.8, 4) is 5.75 Å². The number of ether oxygens (including phenoxy) is 1. The van der Waals surface area contributed by atoms with Crippen LogP contribution in [0.4, 0.5) is 11.4 Å². The highest BCUT2D eigenvalue weighted by molar-refractivity contribution is 7.92. The highest BCUT2D eigenvalue weighted by Gasteiger charge is 2.30. The van der Waals surface area contributed by atoms with Gasteiger partial charge in [0.25, 0.3) is 10.0 Å². The molecular weight excluding hydrogens is 538 g/mol. The molecule has 4 rings (SSSR count). The molecule has 1 heterocycles. The van der Waals surface area contributed by atoms with E-state index in [4.69, 9.17) is 4.74 Å². The SMILES string of the molecule is COc1ccc(S(=O)(=O)N2CCCC2)cc1NC(=O)CN(c1cc(C)ccc1C)S(=O)(=O)c1ccc(C)cc1. The number of rotatable bonds is 9. The number of aryl methyl sites for hydroxylation is 3. The Morgan fingerprint density at radius 1 is 0.872 bits per heavy atom. The molecule has 0 aromatic heterocycles. The third-order valence-corrected chi connectivity index (χ3v) is 10.3. The van der Waals surface area contributed by atoms with Crippen LogP contribution < -0.4 is 14.4 Å². The summed E-state index contributed by atoms with van der Waals surface area (Å²) in [5, 5.41) is 2.68. The molecule has 0 unspecified atom stereocenters. The molecule has 0 spiro atoms. The number of nitrogens with one attached hydrogen (secondary N) is 1. The number of sulfonamides is 2. The summed E-state index contributed by atoms with van der Waals surface area (Å²) in [5.74, 6) is -0.399. The second-order valence-corrected chi connectivity index (χ2v) is 13.4. The number of hydrogen-bond acceptors (Lipinski definition) is 6. The van der Waals surface area contributed by atoms with Crippen LogP contribution in [0.5, 0.6) is 5.75 Å². The summed E-state index contributed by atoms with van der Waals surface area (Å²) in [5.41, 5.74) is 2.93. The first kappa shape index (κ1) is 28.6. The minimum absolute atomic E-state index is 0.0270. The Labute approximate surface area is 230 Å². The first-order chi connectivity index (χ1) is 18.4. The maximum absolute atomic E-state index is 13.8. The van der Waals surface area contributed by atoms with E-state index in [0.29, 0.717) is 24.3 Å². The number of methoxy groups -OCH3 is 1. The van der Waals surface area contributed by atoms with Gasteiger partial charge in [0, 0.05) is 13.1 Å². The van der Waals surface area contributed by atoms with Crippen molar-refractivity contribution in [2.45, 2.75) is 43.4 Å². The second-order valence-electron chi connectivity index (χ2n) is 9.64. The van der Waals surface area contributed by atoms with Gasteiger partial charge in [0.05, 0.1) is 28.3 Å². The normalized spacial score (nSPS) is 14.3. The molecule has 208 valence electrons. The van der Waals surface area contributed by atoms with E-state index in [-0.39, 0.29) is 21.2 Å². The highest BCUT2D eigenvalue weighted by Crippen LogP contribution is 2.31. The summed E-state index contributed by atoms with van der Waals surface area (Å²) in [6, 6.07) is 16.1. The molecule has 1 amide bonds. The van der Waals surface area contributed by atoms with E-state index in [9.17, 15) is 21.6 Å². The van der Waals surface area contributed by atoms with Crippen LogP contribution in [0.3, 0.4) is 0 Å². The predicted molar refractivity (Wildman–Crippen MR) is 151 cm³/mol. The monoisotopic (exact) mass is 571 g/mol. The quantitative estimate of drug-likeness (QED) is 0.411. The standard InChI is InChI=1S/C28H33N3O6S2/c1-20-8-11-23(12-9-20)39(35,36)31(26-17-21(2)7-10-22(26)3)19-28(32)29-25-18-24(13-14-27(25)37-4)38(33,34)30-15-5-6-16-30/h7-14,17-18H,5-6,15-16,19H2,1-4H3,(H,29,32). The third kappa shape index (κ3) is 6.10. The minimum atomic E-state index is -4.12. The van der Waals surface area contributed by atoms with Gasteiger partial charge in [-0.1, -0.05) is 29.8 Å². The van der Waals surface area contributed by atoms with Crippen LogP contribution in [0.1, 0.15) is 29.5 Å². The van der Waals surface area contributed by atoms with E-state index >= 15 is 0 Å². The molecule has 0 bridgehead atoms. The third-order valence-electron chi connectivity index (χ3n) is 6.68. The number of carbonyl (C=O) groups is 1. The van der Waals surface area contributed by atoms with Gasteiger partial charge in [-0.2, -0.15) is 4.31 Å². The van der Waals surface area contributed by atoms with Gasteiger partial charge < -0.3 is 10.1 Å². The van der Waals surface area contributed by atoms with Crippen molar-refractivity contribution in [1.82, 2.24) is 4.31 Å². The smallest absolute Gasteiger partial charge is 0.264 e. The van der Waals surface area contributed by atoms with E-state index in [0.717, 1.165) is 28.3 Å². The largest absolute Gasteiger partial charge is 0.495 e. The second kappa shape index (κ2) is 11.4. The molecule has 1 fully saturated rings. The average Bonchev–Trinajstić information content (AvgIpc) is 3.45. The molecule has 0 aliphatic carbocycles. The Kier molecular flexibility index (Phi) is 8.34. The van der Waals surface area contributed by atoms with E-state index in [1.165, 1.54) is 41.7 Å². The van der Waals surface area contributed by atoms with Gasteiger partial charge in [0.1, 0.15) is 12.3 Å². The molecule has 0 radical (unpaired) electrons. The predicted octanol–water partition coefficient (Wildman–Crippen LogP) is 4.24. The van der Waals surface area contributed by atoms with Crippen LogP contribution in [0.25, 0.3) is 0 Å². The lowest BCUT2D eigenvalue weighted by Crippen LogP contribution is -2.38. The molecule has 1 saturated heterocycles. The Balaban J connectivity index is 1.69. The summed E-state index contributed by atoms with van der Waals surface area (Å²) in [6.07, 6.45) is 1.59. The molecule has 1 N–H and O–H groups in total. The fourth-order valence-electron chi connectivity index (χ4n) is 4.47. The van der Waals surface area contributed by atoms with Crippen LogP contribution in [-0.2, 0) is 24.8 Å². The number of nitrogens with zero attached hydrogens (tertiary/aromatic N) is 2. The van der Waals surface area contributed by atoms with E-state index in [1.54, 1.807) is 31.2 Å². The maximum atomic E-state index is 13.8. The Morgan fingerprint density at radius 3 is 2.13 bits per heavy atom. The van der Waals surface area contributed by atoms with Crippen molar-refractivity contribution in [1.29, 1.82) is 0 Å². The van der Waals surface area contributed by atoms with Crippen LogP contribution in [0.2, 0.25) is 0 Å². The molecule has 11 heteroatoms. The number of anilines is 2. The van der Waals surface area contributed by atoms with Crippen LogP contribution in [0, 0.1) is 20.8 Å². The summed E-state index contributed by atoms with van der Waals surface area (Å²) in [4.78, 5) is 13.5. The molecule has 0 atom stereocenters. The fourth-order valence-corrected chi connectivity index (χ4v) is 7.49. The number of benzene rings is 3. The van der Waals surface area contributed by atoms with Crippen molar-refractivity contribution in [3.63, 3.8) is 0 Å². The Morgan fingerprint density at radius 2 is 1.49 bits per heavy atom. The molecule has 0 saturated carbocycles. The van der Waals surface area contributed by atoms with E-state index < -0.39 is 32.5 Å². The molecule has 1 aliphatic heterocycles. The van der Waals surface area contributed by atoms with Gasteiger partial charge in [0.2, 0.25) is 15.9 Å². The van der Waals surface area contributed by atoms with Gasteiger partial charge in [-0.25, -0.2) is 16.8 Å². The van der Waals surface area contributed by atoms with E-state index in [1.807, 2.05) is 19.9 Å². The lowest BCUT2D eigenvalue weighted by molar-refractivity contribution is -0.114. The van der Waals surface area contributed by atoms with Crippen molar-refractivity contribution in [2.24, 2.45) is 0 Å². The van der Waals surface area contributed by atoms with Crippen molar-refractivity contribution in [2.75, 3.05) is 36.4 Å². The van der Waals surface area contributed by atoms with Crippen molar-refractivity contribution >= 4 is 37.3 Å². The first-order valence-corrected chi connectivity index (χ1v) is 15.5. The number of hydrogen-bond donors (Lipinski definition) is 1.